The lowest BCUT2D eigenvalue weighted by Crippen LogP contribution is -2.81. The molecule has 0 unspecified atom stereocenters. The number of carbonyl (C=O) groups excluding carboxylic acids is 1. The van der Waals surface area contributed by atoms with E-state index in [0.717, 1.165) is 5.56 Å². The Kier molecular flexibility index (Phi) is 13.5. The molecule has 0 fully saturated rings. The molecule has 5 nitrogen and oxygen atoms in total. The number of pyridine rings is 1. The Morgan fingerprint density at radius 3 is 0.922 bits per heavy atom. The van der Waals surface area contributed by atoms with E-state index in [1.807, 2.05) is 34.9 Å². The van der Waals surface area contributed by atoms with Gasteiger partial charge in [0.05, 0.1) is 0 Å². The predicted molar refractivity (Wildman–Crippen MR) is 178 cm³/mol. The number of halogens is 20. The molecular formula is C38H13BF20N2O3. The fourth-order valence-electron chi connectivity index (χ4n) is 6.63. The van der Waals surface area contributed by atoms with Crippen LogP contribution in [0.25, 0.3) is 0 Å². The standard InChI is InChI=1S/C24BF20.C14H13N2O3/c26-5-1(6(27)14(35)21(42)13(5)34)25(2-7(28)15(36)22(43)16(37)8(2)29,3-9(30)17(38)23(44)18(39)10(3)31)4-11(32)19(40)24(45)20(41)12(4)33;17-14(11-16(18)19)13-6-8-15(9-7-13)10-12-4-2-1-3-5-12/h;1-9H,10-11H2/q-1;+1. The molecule has 0 bridgehead atoms. The van der Waals surface area contributed by atoms with Gasteiger partial charge in [-0.15, -0.1) is 21.9 Å². The van der Waals surface area contributed by atoms with Crippen molar-refractivity contribution in [3.05, 3.63) is 192 Å². The average molecular weight is 936 g/mol. The minimum Gasteiger partial charge on any atom is -0.287 e. The molecule has 0 amide bonds. The molecule has 0 aliphatic rings. The number of nitro groups is 1. The predicted octanol–water partition coefficient (Wildman–Crippen LogP) is 7.33. The van der Waals surface area contributed by atoms with Crippen molar-refractivity contribution < 1.29 is 102 Å². The summed E-state index contributed by atoms with van der Waals surface area (Å²) in [6.07, 6.45) is -3.72. The van der Waals surface area contributed by atoms with Gasteiger partial charge in [-0.3, -0.25) is 14.9 Å². The molecule has 0 aliphatic carbocycles. The molecule has 0 atom stereocenters. The molecule has 0 N–H and O–H groups in total. The lowest BCUT2D eigenvalue weighted by atomic mass is 9.12. The minimum absolute atomic E-state index is 0.362. The molecule has 5 aromatic carbocycles. The van der Waals surface area contributed by atoms with Gasteiger partial charge in [-0.05, 0) is 0 Å². The van der Waals surface area contributed by atoms with E-state index in [-0.39, 0.29) is 0 Å². The summed E-state index contributed by atoms with van der Waals surface area (Å²) in [7, 11) is 0. The largest absolute Gasteiger partial charge is 0.287 e. The maximum absolute atomic E-state index is 15.4. The molecule has 6 aromatic rings. The summed E-state index contributed by atoms with van der Waals surface area (Å²) in [6.45, 7) is 0.0350. The molecule has 1 aromatic heterocycles. The van der Waals surface area contributed by atoms with Crippen molar-refractivity contribution in [2.24, 2.45) is 0 Å². The lowest BCUT2D eigenvalue weighted by molar-refractivity contribution is -0.688. The molecule has 0 spiro atoms. The summed E-state index contributed by atoms with van der Waals surface area (Å²) in [4.78, 5) is 21.1. The van der Waals surface area contributed by atoms with E-state index in [9.17, 15) is 67.6 Å². The van der Waals surface area contributed by atoms with Gasteiger partial charge >= 0.3 is 0 Å². The molecule has 336 valence electrons. The molecular weight excluding hydrogens is 923 g/mol. The summed E-state index contributed by atoms with van der Waals surface area (Å²) in [5.74, 6) is -71.9. The monoisotopic (exact) mass is 936 g/mol. The third-order valence-electron chi connectivity index (χ3n) is 9.40. The highest BCUT2D eigenvalue weighted by Crippen LogP contribution is 2.30. The second-order valence-corrected chi connectivity index (χ2v) is 13.0. The molecule has 1 heterocycles. The highest BCUT2D eigenvalue weighted by molar-refractivity contribution is 7.20. The Bertz CT molecular complexity index is 2500. The fourth-order valence-corrected chi connectivity index (χ4v) is 6.63. The Morgan fingerprint density at radius 2 is 0.672 bits per heavy atom. The molecule has 0 aliphatic heterocycles. The fraction of sp³-hybridized carbons (Fsp3) is 0.0526. The van der Waals surface area contributed by atoms with Gasteiger partial charge in [0.1, 0.15) is 52.7 Å². The van der Waals surface area contributed by atoms with Gasteiger partial charge in [0.25, 0.3) is 6.54 Å². The highest BCUT2D eigenvalue weighted by Gasteiger charge is 2.52. The normalized spacial score (nSPS) is 11.4. The zero-order valence-corrected chi connectivity index (χ0v) is 30.4. The molecule has 6 rings (SSSR count). The first-order valence-corrected chi connectivity index (χ1v) is 16.8. The van der Waals surface area contributed by atoms with E-state index in [1.165, 1.54) is 0 Å². The summed E-state index contributed by atoms with van der Waals surface area (Å²) < 4.78 is 296. The van der Waals surface area contributed by atoms with Gasteiger partial charge in [0.15, 0.2) is 88.7 Å². The number of nitrogens with zero attached hydrogens (tertiary/aromatic N) is 2. The number of ketones is 1. The summed E-state index contributed by atoms with van der Waals surface area (Å²) in [6, 6.07) is 13.1. The van der Waals surface area contributed by atoms with Crippen LogP contribution in [0.4, 0.5) is 87.8 Å². The van der Waals surface area contributed by atoms with Crippen LogP contribution in [0.3, 0.4) is 0 Å². The molecule has 0 saturated heterocycles. The zero-order chi connectivity index (χ0) is 48.0. The zero-order valence-electron chi connectivity index (χ0n) is 30.4. The first-order valence-electron chi connectivity index (χ1n) is 16.8. The first kappa shape index (κ1) is 48.0. The smallest absolute Gasteiger partial charge is 0.265 e. The first-order chi connectivity index (χ1) is 29.8. The number of rotatable bonds is 9. The molecule has 0 radical (unpaired) electrons. The van der Waals surface area contributed by atoms with Crippen LogP contribution in [0.5, 0.6) is 0 Å². The van der Waals surface area contributed by atoms with E-state index < -0.39 is 162 Å². The van der Waals surface area contributed by atoms with E-state index in [1.54, 1.807) is 24.5 Å². The topological polar surface area (TPSA) is 64.1 Å². The van der Waals surface area contributed by atoms with Crippen molar-refractivity contribution >= 4 is 33.8 Å². The number of hydrogen-bond donors (Lipinski definition) is 0. The van der Waals surface area contributed by atoms with E-state index in [0.29, 0.717) is 12.1 Å². The average Bonchev–Trinajstić information content (AvgIpc) is 3.26. The number of carbonyl (C=O) groups is 1. The van der Waals surface area contributed by atoms with Crippen molar-refractivity contribution in [2.75, 3.05) is 6.54 Å². The Labute approximate surface area is 341 Å². The molecule has 64 heavy (non-hydrogen) atoms. The van der Waals surface area contributed by atoms with Crippen molar-refractivity contribution in [1.29, 1.82) is 0 Å². The second kappa shape index (κ2) is 18.0. The maximum Gasteiger partial charge on any atom is 0.265 e. The SMILES string of the molecule is Fc1c(F)c(F)c([B-](c2c(F)c(F)c(F)c(F)c2F)(c2c(F)c(F)c(F)c(F)c2F)c2c(F)c(F)c(F)c(F)c2F)c(F)c1F.O=C(C[N+](=O)[O-])c1cc[n+](Cc2ccccc2)cc1. The van der Waals surface area contributed by atoms with Gasteiger partial charge in [0.2, 0.25) is 5.78 Å². The van der Waals surface area contributed by atoms with Crippen LogP contribution in [0.2, 0.25) is 0 Å². The lowest BCUT2D eigenvalue weighted by Gasteiger charge is -2.44. The number of hydrogen-bond acceptors (Lipinski definition) is 3. The summed E-state index contributed by atoms with van der Waals surface area (Å²) in [5.41, 5.74) is -12.8. The number of benzene rings is 5. The Hall–Kier alpha value is -7.02. The van der Waals surface area contributed by atoms with Gasteiger partial charge in [0, 0.05) is 28.2 Å². The summed E-state index contributed by atoms with van der Waals surface area (Å²) in [5, 5.41) is 10.3. The van der Waals surface area contributed by atoms with Crippen LogP contribution in [0, 0.1) is 126 Å². The van der Waals surface area contributed by atoms with Crippen molar-refractivity contribution in [2.45, 2.75) is 6.54 Å². The van der Waals surface area contributed by atoms with Crippen molar-refractivity contribution in [3.8, 4) is 0 Å². The van der Waals surface area contributed by atoms with Crippen molar-refractivity contribution in [3.63, 3.8) is 0 Å². The van der Waals surface area contributed by atoms with E-state index in [2.05, 4.69) is 0 Å². The summed E-state index contributed by atoms with van der Waals surface area (Å²) >= 11 is 0. The third-order valence-corrected chi connectivity index (χ3v) is 9.40. The van der Waals surface area contributed by atoms with Crippen molar-refractivity contribution in [1.82, 2.24) is 0 Å². The van der Waals surface area contributed by atoms with E-state index >= 15 is 35.1 Å². The van der Waals surface area contributed by atoms with Gasteiger partial charge in [-0.2, -0.15) is 0 Å². The maximum atomic E-state index is 15.4. The number of aromatic nitrogens is 1. The van der Waals surface area contributed by atoms with Crippen LogP contribution in [0.1, 0.15) is 15.9 Å². The van der Waals surface area contributed by atoms with Crippen LogP contribution in [-0.4, -0.2) is 23.4 Å². The van der Waals surface area contributed by atoms with Gasteiger partial charge in [-0.1, -0.05) is 30.3 Å². The number of Topliss-reactive ketones (excluding diaryl/α,β-unsaturated/α-hetero) is 1. The Balaban J connectivity index is 0.000000337. The third kappa shape index (κ3) is 7.84. The quantitative estimate of drug-likeness (QED) is 0.0223. The van der Waals surface area contributed by atoms with Crippen LogP contribution < -0.4 is 26.4 Å². The van der Waals surface area contributed by atoms with Gasteiger partial charge in [-0.25, -0.2) is 92.4 Å². The molecule has 26 heteroatoms. The minimum atomic E-state index is -7.22. The van der Waals surface area contributed by atoms with Crippen LogP contribution in [-0.2, 0) is 6.54 Å². The highest BCUT2D eigenvalue weighted by atomic mass is 19.2. The van der Waals surface area contributed by atoms with Gasteiger partial charge < -0.3 is 0 Å². The second-order valence-electron chi connectivity index (χ2n) is 13.0. The Morgan fingerprint density at radius 1 is 0.422 bits per heavy atom. The van der Waals surface area contributed by atoms with E-state index in [4.69, 9.17) is 0 Å². The van der Waals surface area contributed by atoms with Crippen LogP contribution in [0.15, 0.2) is 54.9 Å². The van der Waals surface area contributed by atoms with Crippen LogP contribution >= 0.6 is 0 Å². The molecule has 0 saturated carbocycles.